The van der Waals surface area contributed by atoms with Gasteiger partial charge in [-0.25, -0.2) is 0 Å². The van der Waals surface area contributed by atoms with Gasteiger partial charge >= 0.3 is 6.01 Å². The second-order valence-electron chi connectivity index (χ2n) is 3.96. The molecule has 0 saturated heterocycles. The molecule has 1 aromatic heterocycles. The third-order valence-electron chi connectivity index (χ3n) is 2.48. The molecule has 1 aromatic carbocycles. The largest absolute Gasteiger partial charge is 0.424 e. The number of nitrogens with one attached hydrogen (secondary N) is 1. The first-order valence-corrected chi connectivity index (χ1v) is 6.45. The summed E-state index contributed by atoms with van der Waals surface area (Å²) in [4.78, 5) is 11.9. The van der Waals surface area contributed by atoms with Gasteiger partial charge in [0.1, 0.15) is 5.75 Å². The third kappa shape index (κ3) is 3.79. The van der Waals surface area contributed by atoms with Crippen molar-refractivity contribution >= 4 is 17.5 Å². The summed E-state index contributed by atoms with van der Waals surface area (Å²) < 4.78 is 5.55. The molecule has 0 fully saturated rings. The predicted molar refractivity (Wildman–Crippen MR) is 74.9 cm³/mol. The smallest absolute Gasteiger partial charge is 0.328 e. The van der Waals surface area contributed by atoms with Gasteiger partial charge in [-0.3, -0.25) is 0 Å². The summed E-state index contributed by atoms with van der Waals surface area (Å²) in [6.45, 7) is 2.15. The highest BCUT2D eigenvalue weighted by Gasteiger charge is 2.06. The number of hydrogen-bond donors (Lipinski definition) is 1. The molecule has 0 unspecified atom stereocenters. The van der Waals surface area contributed by atoms with Gasteiger partial charge in [0.2, 0.25) is 11.2 Å². The number of ether oxygens (including phenoxy) is 1. The molecule has 1 N–H and O–H groups in total. The number of rotatable bonds is 5. The highest BCUT2D eigenvalue weighted by atomic mass is 35.5. The molecule has 5 nitrogen and oxygen atoms in total. The molecule has 19 heavy (non-hydrogen) atoms. The lowest BCUT2D eigenvalue weighted by molar-refractivity contribution is 0.440. The predicted octanol–water partition coefficient (Wildman–Crippen LogP) is 3.31. The average molecular weight is 279 g/mol. The van der Waals surface area contributed by atoms with Gasteiger partial charge < -0.3 is 10.1 Å². The first-order chi connectivity index (χ1) is 9.21. The summed E-state index contributed by atoms with van der Waals surface area (Å²) in [6, 6.07) is 8.01. The van der Waals surface area contributed by atoms with Gasteiger partial charge in [-0.1, -0.05) is 25.5 Å². The van der Waals surface area contributed by atoms with E-state index in [0.29, 0.717) is 11.7 Å². The molecule has 6 heteroatoms. The van der Waals surface area contributed by atoms with Gasteiger partial charge in [-0.2, -0.15) is 15.0 Å². The molecule has 1 heterocycles. The minimum absolute atomic E-state index is 0.0944. The zero-order chi connectivity index (χ0) is 13.7. The molecule has 0 saturated carbocycles. The van der Waals surface area contributed by atoms with E-state index < -0.39 is 0 Å². The highest BCUT2D eigenvalue weighted by Crippen LogP contribution is 2.20. The molecule has 0 amide bonds. The molecule has 0 bridgehead atoms. The molecular formula is C13H15ClN4O. The van der Waals surface area contributed by atoms with Crippen molar-refractivity contribution in [2.24, 2.45) is 0 Å². The van der Waals surface area contributed by atoms with E-state index in [0.717, 1.165) is 12.8 Å². The highest BCUT2D eigenvalue weighted by molar-refractivity contribution is 6.28. The van der Waals surface area contributed by atoms with E-state index in [1.807, 2.05) is 24.3 Å². The van der Waals surface area contributed by atoms with E-state index in [-0.39, 0.29) is 11.3 Å². The molecule has 2 aromatic rings. The van der Waals surface area contributed by atoms with Gasteiger partial charge in [-0.05, 0) is 35.7 Å². The summed E-state index contributed by atoms with van der Waals surface area (Å²) in [5.74, 6) is 1.04. The van der Waals surface area contributed by atoms with Gasteiger partial charge in [0, 0.05) is 7.05 Å². The van der Waals surface area contributed by atoms with E-state index in [2.05, 4.69) is 27.2 Å². The standard InChI is InChI=1S/C13H15ClN4O/c1-3-4-9-5-7-10(8-6-9)19-13-17-11(14)16-12(15-2)18-13/h5-8H,3-4H2,1-2H3,(H,15,16,17,18). The van der Waals surface area contributed by atoms with Crippen LogP contribution in [0.5, 0.6) is 11.8 Å². The normalized spacial score (nSPS) is 10.3. The topological polar surface area (TPSA) is 59.9 Å². The Hall–Kier alpha value is -1.88. The van der Waals surface area contributed by atoms with Crippen LogP contribution in [0, 0.1) is 0 Å². The Labute approximate surface area is 117 Å². The number of aryl methyl sites for hydroxylation is 1. The van der Waals surface area contributed by atoms with Crippen LogP contribution in [0.2, 0.25) is 5.28 Å². The first-order valence-electron chi connectivity index (χ1n) is 6.07. The quantitative estimate of drug-likeness (QED) is 0.909. The first kappa shape index (κ1) is 13.5. The summed E-state index contributed by atoms with van der Waals surface area (Å²) in [7, 11) is 1.70. The molecule has 0 aliphatic rings. The second kappa shape index (κ2) is 6.33. The van der Waals surface area contributed by atoms with Crippen LogP contribution in [0.25, 0.3) is 0 Å². The van der Waals surface area contributed by atoms with Crippen molar-refractivity contribution in [3.05, 3.63) is 35.1 Å². The van der Waals surface area contributed by atoms with Crippen molar-refractivity contribution in [3.8, 4) is 11.8 Å². The lowest BCUT2D eigenvalue weighted by Gasteiger charge is -2.06. The van der Waals surface area contributed by atoms with E-state index >= 15 is 0 Å². The van der Waals surface area contributed by atoms with Gasteiger partial charge in [-0.15, -0.1) is 0 Å². The summed E-state index contributed by atoms with van der Waals surface area (Å²) in [6.07, 6.45) is 2.18. The number of aromatic nitrogens is 3. The monoisotopic (exact) mass is 278 g/mol. The summed E-state index contributed by atoms with van der Waals surface area (Å²) >= 11 is 5.78. The van der Waals surface area contributed by atoms with Crippen LogP contribution >= 0.6 is 11.6 Å². The van der Waals surface area contributed by atoms with Crippen molar-refractivity contribution in [2.45, 2.75) is 19.8 Å². The van der Waals surface area contributed by atoms with E-state index in [4.69, 9.17) is 16.3 Å². The fourth-order valence-corrected chi connectivity index (χ4v) is 1.76. The zero-order valence-electron chi connectivity index (χ0n) is 10.9. The molecule has 0 spiro atoms. The third-order valence-corrected chi connectivity index (χ3v) is 2.65. The molecule has 0 aliphatic heterocycles. The molecule has 100 valence electrons. The maximum Gasteiger partial charge on any atom is 0.328 e. The summed E-state index contributed by atoms with van der Waals surface area (Å²) in [5.41, 5.74) is 1.28. The lowest BCUT2D eigenvalue weighted by atomic mass is 10.1. The second-order valence-corrected chi connectivity index (χ2v) is 4.29. The number of nitrogens with zero attached hydrogens (tertiary/aromatic N) is 3. The Morgan fingerprint density at radius 1 is 1.16 bits per heavy atom. The van der Waals surface area contributed by atoms with Crippen molar-refractivity contribution in [2.75, 3.05) is 12.4 Å². The Balaban J connectivity index is 2.14. The summed E-state index contributed by atoms with van der Waals surface area (Å²) in [5, 5.41) is 2.89. The molecule has 0 radical (unpaired) electrons. The van der Waals surface area contributed by atoms with Crippen molar-refractivity contribution in [3.63, 3.8) is 0 Å². The minimum atomic E-state index is 0.0944. The van der Waals surface area contributed by atoms with E-state index in [9.17, 15) is 0 Å². The van der Waals surface area contributed by atoms with E-state index in [1.165, 1.54) is 5.56 Å². The fourth-order valence-electron chi connectivity index (χ4n) is 1.61. The maximum absolute atomic E-state index is 5.78. The van der Waals surface area contributed by atoms with Crippen LogP contribution in [0.4, 0.5) is 5.95 Å². The molecule has 2 rings (SSSR count). The van der Waals surface area contributed by atoms with Crippen molar-refractivity contribution in [1.82, 2.24) is 15.0 Å². The lowest BCUT2D eigenvalue weighted by Crippen LogP contribution is -2.01. The van der Waals surface area contributed by atoms with Crippen LogP contribution in [-0.2, 0) is 6.42 Å². The van der Waals surface area contributed by atoms with E-state index in [1.54, 1.807) is 7.05 Å². The van der Waals surface area contributed by atoms with Crippen LogP contribution in [0.1, 0.15) is 18.9 Å². The van der Waals surface area contributed by atoms with Gasteiger partial charge in [0.25, 0.3) is 0 Å². The number of hydrogen-bond acceptors (Lipinski definition) is 5. The van der Waals surface area contributed by atoms with Crippen molar-refractivity contribution in [1.29, 1.82) is 0 Å². The molecule has 0 atom stereocenters. The Bertz CT molecular complexity index is 545. The van der Waals surface area contributed by atoms with Gasteiger partial charge in [0.15, 0.2) is 0 Å². The maximum atomic E-state index is 5.78. The van der Waals surface area contributed by atoms with Crippen LogP contribution in [0.15, 0.2) is 24.3 Å². The van der Waals surface area contributed by atoms with Crippen molar-refractivity contribution < 1.29 is 4.74 Å². The number of benzene rings is 1. The Morgan fingerprint density at radius 2 is 1.89 bits per heavy atom. The molecule has 0 aliphatic carbocycles. The average Bonchev–Trinajstić information content (AvgIpc) is 2.40. The van der Waals surface area contributed by atoms with Crippen LogP contribution in [0.3, 0.4) is 0 Å². The molecular weight excluding hydrogens is 264 g/mol. The number of halogens is 1. The minimum Gasteiger partial charge on any atom is -0.424 e. The number of anilines is 1. The van der Waals surface area contributed by atoms with Crippen LogP contribution < -0.4 is 10.1 Å². The zero-order valence-corrected chi connectivity index (χ0v) is 11.6. The fraction of sp³-hybridized carbons (Fsp3) is 0.308. The van der Waals surface area contributed by atoms with Gasteiger partial charge in [0.05, 0.1) is 0 Å². The van der Waals surface area contributed by atoms with Crippen LogP contribution in [-0.4, -0.2) is 22.0 Å². The Morgan fingerprint density at radius 3 is 2.53 bits per heavy atom. The SMILES string of the molecule is CCCc1ccc(Oc2nc(Cl)nc(NC)n2)cc1. The Kier molecular flexibility index (Phi) is 4.52.